The molecule has 0 saturated carbocycles. The highest BCUT2D eigenvalue weighted by molar-refractivity contribution is 6.04. The van der Waals surface area contributed by atoms with Gasteiger partial charge in [0.1, 0.15) is 0 Å². The zero-order chi connectivity index (χ0) is 17.1. The number of rotatable bonds is 4. The number of aromatic nitrogens is 2. The second-order valence-electron chi connectivity index (χ2n) is 6.48. The fourth-order valence-electron chi connectivity index (χ4n) is 3.18. The van der Waals surface area contributed by atoms with E-state index in [1.807, 2.05) is 35.9 Å². The third-order valence-electron chi connectivity index (χ3n) is 4.77. The molecule has 3 N–H and O–H groups in total. The quantitative estimate of drug-likeness (QED) is 0.902. The molecule has 1 aromatic carbocycles. The number of anilines is 1. The summed E-state index contributed by atoms with van der Waals surface area (Å²) in [4.78, 5) is 14.9. The van der Waals surface area contributed by atoms with Crippen molar-refractivity contribution in [1.82, 2.24) is 14.7 Å². The molecule has 1 aromatic heterocycles. The highest BCUT2D eigenvalue weighted by Gasteiger charge is 2.23. The van der Waals surface area contributed by atoms with Gasteiger partial charge < -0.3 is 16.0 Å². The Balaban J connectivity index is 1.71. The van der Waals surface area contributed by atoms with Crippen LogP contribution < -0.4 is 11.1 Å². The second-order valence-corrected chi connectivity index (χ2v) is 6.48. The molecule has 6 nitrogen and oxygen atoms in total. The third-order valence-corrected chi connectivity index (χ3v) is 4.77. The molecular formula is C18H25N5O. The van der Waals surface area contributed by atoms with Crippen molar-refractivity contribution in [3.8, 4) is 0 Å². The number of piperidine rings is 1. The van der Waals surface area contributed by atoms with E-state index in [0.29, 0.717) is 18.2 Å². The maximum atomic E-state index is 12.5. The van der Waals surface area contributed by atoms with Crippen molar-refractivity contribution in [2.24, 2.45) is 5.73 Å². The number of hydrogen-bond acceptors (Lipinski definition) is 4. The van der Waals surface area contributed by atoms with Crippen LogP contribution in [0.5, 0.6) is 0 Å². The molecule has 1 saturated heterocycles. The van der Waals surface area contributed by atoms with Crippen molar-refractivity contribution in [3.63, 3.8) is 0 Å². The van der Waals surface area contributed by atoms with Crippen LogP contribution in [-0.4, -0.2) is 40.7 Å². The largest absolute Gasteiger partial charge is 0.326 e. The Bertz CT molecular complexity index is 699. The first-order chi connectivity index (χ1) is 11.6. The number of nitrogens with two attached hydrogens (primary N) is 1. The Morgan fingerprint density at radius 2 is 1.96 bits per heavy atom. The van der Waals surface area contributed by atoms with Crippen molar-refractivity contribution in [2.75, 3.05) is 25.5 Å². The van der Waals surface area contributed by atoms with Gasteiger partial charge in [-0.3, -0.25) is 9.48 Å². The van der Waals surface area contributed by atoms with Gasteiger partial charge in [-0.1, -0.05) is 12.1 Å². The summed E-state index contributed by atoms with van der Waals surface area (Å²) < 4.78 is 2.01. The molecule has 2 aromatic rings. The van der Waals surface area contributed by atoms with E-state index < -0.39 is 0 Å². The van der Waals surface area contributed by atoms with Crippen LogP contribution in [0.3, 0.4) is 0 Å². The topological polar surface area (TPSA) is 76.2 Å². The molecule has 0 radical (unpaired) electrons. The molecule has 128 valence electrons. The van der Waals surface area contributed by atoms with Crippen LogP contribution in [0.25, 0.3) is 0 Å². The van der Waals surface area contributed by atoms with Gasteiger partial charge in [-0.15, -0.1) is 0 Å². The maximum Gasteiger partial charge on any atom is 0.259 e. The van der Waals surface area contributed by atoms with E-state index in [-0.39, 0.29) is 5.91 Å². The van der Waals surface area contributed by atoms with Gasteiger partial charge in [0.2, 0.25) is 0 Å². The fraction of sp³-hybridized carbons (Fsp3) is 0.444. The molecule has 6 heteroatoms. The van der Waals surface area contributed by atoms with Crippen LogP contribution in [0.2, 0.25) is 0 Å². The van der Waals surface area contributed by atoms with E-state index in [4.69, 9.17) is 5.73 Å². The lowest BCUT2D eigenvalue weighted by Gasteiger charge is -2.29. The summed E-state index contributed by atoms with van der Waals surface area (Å²) in [6.45, 7) is 4.60. The van der Waals surface area contributed by atoms with Gasteiger partial charge in [-0.2, -0.15) is 5.10 Å². The molecule has 0 aliphatic carbocycles. The number of carbonyl (C=O) groups excluding carboxylic acids is 1. The first-order valence-electron chi connectivity index (χ1n) is 8.41. The first kappa shape index (κ1) is 16.7. The van der Waals surface area contributed by atoms with Gasteiger partial charge in [-0.25, -0.2) is 0 Å². The van der Waals surface area contributed by atoms with Crippen molar-refractivity contribution in [1.29, 1.82) is 0 Å². The number of carbonyl (C=O) groups is 1. The third kappa shape index (κ3) is 3.49. The number of benzene rings is 1. The maximum absolute atomic E-state index is 12.5. The van der Waals surface area contributed by atoms with Gasteiger partial charge in [0.05, 0.1) is 17.8 Å². The average Bonchev–Trinajstić information content (AvgIpc) is 2.98. The van der Waals surface area contributed by atoms with E-state index >= 15 is 0 Å². The second kappa shape index (κ2) is 7.15. The summed E-state index contributed by atoms with van der Waals surface area (Å²) in [6.07, 6.45) is 3.82. The smallest absolute Gasteiger partial charge is 0.259 e. The van der Waals surface area contributed by atoms with Gasteiger partial charge in [0.25, 0.3) is 5.91 Å². The van der Waals surface area contributed by atoms with E-state index in [9.17, 15) is 4.79 Å². The number of likely N-dealkylation sites (tertiary alicyclic amines) is 1. The summed E-state index contributed by atoms with van der Waals surface area (Å²) in [5.74, 6) is -0.118. The van der Waals surface area contributed by atoms with Crippen molar-refractivity contribution < 1.29 is 4.79 Å². The van der Waals surface area contributed by atoms with Crippen LogP contribution in [0, 0.1) is 6.92 Å². The van der Waals surface area contributed by atoms with Gasteiger partial charge in [-0.05, 0) is 57.6 Å². The summed E-state index contributed by atoms with van der Waals surface area (Å²) >= 11 is 0. The van der Waals surface area contributed by atoms with E-state index in [0.717, 1.165) is 42.9 Å². The molecule has 0 spiro atoms. The normalized spacial score (nSPS) is 16.3. The Labute approximate surface area is 142 Å². The number of nitrogens with one attached hydrogen (secondary N) is 1. The zero-order valence-corrected chi connectivity index (χ0v) is 14.3. The predicted octanol–water partition coefficient (Wildman–Crippen LogP) is 2.17. The van der Waals surface area contributed by atoms with Crippen molar-refractivity contribution in [2.45, 2.75) is 32.4 Å². The van der Waals surface area contributed by atoms with Crippen LogP contribution in [-0.2, 0) is 6.54 Å². The molecule has 0 atom stereocenters. The molecule has 0 unspecified atom stereocenters. The fourth-order valence-corrected chi connectivity index (χ4v) is 3.18. The summed E-state index contributed by atoms with van der Waals surface area (Å²) in [5, 5.41) is 7.41. The zero-order valence-electron chi connectivity index (χ0n) is 14.3. The molecule has 1 aliphatic heterocycles. The Morgan fingerprint density at radius 1 is 1.29 bits per heavy atom. The molecular weight excluding hydrogens is 302 g/mol. The van der Waals surface area contributed by atoms with E-state index in [2.05, 4.69) is 22.4 Å². The minimum atomic E-state index is -0.118. The molecule has 2 heterocycles. The number of hydrogen-bond donors (Lipinski definition) is 2. The van der Waals surface area contributed by atoms with Crippen LogP contribution in [0.4, 0.5) is 5.69 Å². The summed E-state index contributed by atoms with van der Waals surface area (Å²) in [5.41, 5.74) is 8.97. The Kier molecular flexibility index (Phi) is 4.97. The van der Waals surface area contributed by atoms with Gasteiger partial charge in [0, 0.05) is 17.9 Å². The molecule has 3 rings (SSSR count). The lowest BCUT2D eigenvalue weighted by molar-refractivity contribution is 0.102. The first-order valence-corrected chi connectivity index (χ1v) is 8.41. The highest BCUT2D eigenvalue weighted by Crippen LogP contribution is 2.24. The van der Waals surface area contributed by atoms with E-state index in [1.54, 1.807) is 6.20 Å². The standard InChI is InChI=1S/C18H25N5O/c1-13-17(12-20-23(13)16-7-9-22(2)10-8-16)18(24)21-15-5-3-14(11-19)4-6-15/h3-6,12,16H,7-11,19H2,1-2H3,(H,21,24). The van der Waals surface area contributed by atoms with Crippen LogP contribution >= 0.6 is 0 Å². The van der Waals surface area contributed by atoms with Gasteiger partial charge >= 0.3 is 0 Å². The molecule has 1 aliphatic rings. The highest BCUT2D eigenvalue weighted by atomic mass is 16.1. The molecule has 24 heavy (non-hydrogen) atoms. The lowest BCUT2D eigenvalue weighted by atomic mass is 10.1. The van der Waals surface area contributed by atoms with E-state index in [1.165, 1.54) is 0 Å². The molecule has 1 amide bonds. The van der Waals surface area contributed by atoms with Crippen LogP contribution in [0.15, 0.2) is 30.5 Å². The minimum Gasteiger partial charge on any atom is -0.326 e. The number of nitrogens with zero attached hydrogens (tertiary/aromatic N) is 3. The summed E-state index contributed by atoms with van der Waals surface area (Å²) in [7, 11) is 2.14. The number of amides is 1. The van der Waals surface area contributed by atoms with Crippen LogP contribution in [0.1, 0.15) is 40.5 Å². The SMILES string of the molecule is Cc1c(C(=O)Nc2ccc(CN)cc2)cnn1C1CCN(C)CC1. The molecule has 1 fully saturated rings. The van der Waals surface area contributed by atoms with Crippen molar-refractivity contribution in [3.05, 3.63) is 47.3 Å². The van der Waals surface area contributed by atoms with Crippen molar-refractivity contribution >= 4 is 11.6 Å². The minimum absolute atomic E-state index is 0.118. The average molecular weight is 327 g/mol. The Morgan fingerprint density at radius 3 is 2.58 bits per heavy atom. The predicted molar refractivity (Wildman–Crippen MR) is 95.0 cm³/mol. The Hall–Kier alpha value is -2.18. The lowest BCUT2D eigenvalue weighted by Crippen LogP contribution is -2.32. The monoisotopic (exact) mass is 327 g/mol. The molecule has 0 bridgehead atoms. The van der Waals surface area contributed by atoms with Gasteiger partial charge in [0.15, 0.2) is 0 Å². The summed E-state index contributed by atoms with van der Waals surface area (Å²) in [6, 6.07) is 7.97.